The standard InChI is InChI=1S/C24H17Cl2F2N3O4S/c25-11-3-5-16(14(26)7-11)34-9-12-4-6-17(35-12)23(33)31-19-18-13(10-1-2-10)8-15(21(27)28)30-24(18)36-20(19)22(29)32/h3-8,10,21H,1-2,9H2,(H2,29,32)(H,31,33). The number of fused-ring (bicyclic) bond motifs is 1. The molecule has 2 amide bonds. The SMILES string of the molecule is NC(=O)c1sc2nc(C(F)F)cc(C3CC3)c2c1NC(=O)c1ccc(COc2ccc(Cl)cc2Cl)o1. The van der Waals surface area contributed by atoms with E-state index < -0.39 is 18.2 Å². The Balaban J connectivity index is 1.41. The number of rotatable bonds is 8. The Bertz CT molecular complexity index is 1500. The highest BCUT2D eigenvalue weighted by Gasteiger charge is 2.32. The topological polar surface area (TPSA) is 107 Å². The molecule has 3 heterocycles. The predicted octanol–water partition coefficient (Wildman–Crippen LogP) is 6.94. The zero-order valence-corrected chi connectivity index (χ0v) is 20.6. The van der Waals surface area contributed by atoms with Crippen molar-refractivity contribution in [2.24, 2.45) is 5.73 Å². The van der Waals surface area contributed by atoms with Gasteiger partial charge in [0.2, 0.25) is 0 Å². The van der Waals surface area contributed by atoms with Crippen molar-refractivity contribution in [2.75, 3.05) is 5.32 Å². The second-order valence-electron chi connectivity index (χ2n) is 8.15. The lowest BCUT2D eigenvalue weighted by Gasteiger charge is -2.09. The van der Waals surface area contributed by atoms with Crippen LogP contribution in [0.15, 0.2) is 40.8 Å². The number of aromatic nitrogens is 1. The number of nitrogens with one attached hydrogen (secondary N) is 1. The third kappa shape index (κ3) is 4.88. The zero-order chi connectivity index (χ0) is 25.6. The Hall–Kier alpha value is -3.21. The van der Waals surface area contributed by atoms with Crippen LogP contribution in [0.3, 0.4) is 0 Å². The van der Waals surface area contributed by atoms with Gasteiger partial charge >= 0.3 is 0 Å². The lowest BCUT2D eigenvalue weighted by atomic mass is 10.0. The van der Waals surface area contributed by atoms with E-state index in [9.17, 15) is 18.4 Å². The number of ether oxygens (including phenoxy) is 1. The quantitative estimate of drug-likeness (QED) is 0.246. The van der Waals surface area contributed by atoms with Gasteiger partial charge in [-0.3, -0.25) is 9.59 Å². The van der Waals surface area contributed by atoms with Gasteiger partial charge in [-0.15, -0.1) is 11.3 Å². The Labute approximate surface area is 217 Å². The number of pyridine rings is 1. The number of alkyl halides is 2. The third-order valence-electron chi connectivity index (χ3n) is 5.56. The summed E-state index contributed by atoms with van der Waals surface area (Å²) in [5.74, 6) is -0.711. The van der Waals surface area contributed by atoms with Crippen LogP contribution in [0.2, 0.25) is 10.0 Å². The lowest BCUT2D eigenvalue weighted by molar-refractivity contribution is 0.0992. The molecule has 4 aromatic rings. The number of thiophene rings is 1. The van der Waals surface area contributed by atoms with Crippen molar-refractivity contribution in [1.29, 1.82) is 0 Å². The minimum Gasteiger partial charge on any atom is -0.484 e. The minimum atomic E-state index is -2.77. The third-order valence-corrected chi connectivity index (χ3v) is 7.19. The number of nitrogens with two attached hydrogens (primary N) is 1. The summed E-state index contributed by atoms with van der Waals surface area (Å²) in [6.45, 7) is -0.00525. The molecule has 3 N–H and O–H groups in total. The molecule has 0 saturated heterocycles. The van der Waals surface area contributed by atoms with Gasteiger partial charge in [0.15, 0.2) is 5.76 Å². The highest BCUT2D eigenvalue weighted by Crippen LogP contribution is 2.48. The zero-order valence-electron chi connectivity index (χ0n) is 18.3. The molecular weight excluding hydrogens is 535 g/mol. The molecule has 0 spiro atoms. The molecule has 1 aliphatic carbocycles. The number of primary amides is 1. The van der Waals surface area contributed by atoms with Crippen molar-refractivity contribution in [3.05, 3.63) is 74.1 Å². The van der Waals surface area contributed by atoms with E-state index in [0.29, 0.717) is 32.5 Å². The summed E-state index contributed by atoms with van der Waals surface area (Å²) in [6.07, 6.45) is -1.14. The number of carbonyl (C=O) groups is 2. The number of furan rings is 1. The van der Waals surface area contributed by atoms with Crippen molar-refractivity contribution >= 4 is 62.3 Å². The average molecular weight is 552 g/mol. The summed E-state index contributed by atoms with van der Waals surface area (Å²) in [7, 11) is 0. The Morgan fingerprint density at radius 3 is 2.67 bits per heavy atom. The molecule has 7 nitrogen and oxygen atoms in total. The second kappa shape index (κ2) is 9.68. The van der Waals surface area contributed by atoms with Crippen LogP contribution < -0.4 is 15.8 Å². The Morgan fingerprint density at radius 2 is 2.00 bits per heavy atom. The smallest absolute Gasteiger partial charge is 0.291 e. The maximum absolute atomic E-state index is 13.4. The molecule has 36 heavy (non-hydrogen) atoms. The normalized spacial score (nSPS) is 13.4. The molecule has 0 unspecified atom stereocenters. The van der Waals surface area contributed by atoms with Gasteiger partial charge in [0, 0.05) is 10.4 Å². The summed E-state index contributed by atoms with van der Waals surface area (Å²) >= 11 is 12.8. The van der Waals surface area contributed by atoms with Gasteiger partial charge in [0.05, 0.1) is 10.7 Å². The number of hydrogen-bond acceptors (Lipinski definition) is 6. The largest absolute Gasteiger partial charge is 0.484 e. The molecule has 0 aliphatic heterocycles. The molecule has 0 bridgehead atoms. The van der Waals surface area contributed by atoms with E-state index in [1.807, 2.05) is 0 Å². The molecule has 1 fully saturated rings. The molecule has 3 aromatic heterocycles. The van der Waals surface area contributed by atoms with Crippen LogP contribution in [0.25, 0.3) is 10.2 Å². The molecule has 1 saturated carbocycles. The fourth-order valence-corrected chi connectivity index (χ4v) is 5.25. The van der Waals surface area contributed by atoms with E-state index in [1.54, 1.807) is 18.2 Å². The van der Waals surface area contributed by atoms with Crippen LogP contribution >= 0.6 is 34.5 Å². The van der Waals surface area contributed by atoms with Gasteiger partial charge in [-0.2, -0.15) is 0 Å². The van der Waals surface area contributed by atoms with Crippen LogP contribution in [0.5, 0.6) is 5.75 Å². The van der Waals surface area contributed by atoms with E-state index in [-0.39, 0.29) is 39.4 Å². The second-order valence-corrected chi connectivity index (χ2v) is 9.99. The lowest BCUT2D eigenvalue weighted by Crippen LogP contribution is -2.16. The van der Waals surface area contributed by atoms with E-state index >= 15 is 0 Å². The number of hydrogen-bond donors (Lipinski definition) is 2. The molecule has 186 valence electrons. The van der Waals surface area contributed by atoms with Crippen molar-refractivity contribution in [3.63, 3.8) is 0 Å². The highest BCUT2D eigenvalue weighted by atomic mass is 35.5. The summed E-state index contributed by atoms with van der Waals surface area (Å²) in [6, 6.07) is 9.12. The summed E-state index contributed by atoms with van der Waals surface area (Å²) < 4.78 is 38.0. The molecule has 0 radical (unpaired) electrons. The fourth-order valence-electron chi connectivity index (χ4n) is 3.76. The Morgan fingerprint density at radius 1 is 1.22 bits per heavy atom. The first-order valence-electron chi connectivity index (χ1n) is 10.7. The molecule has 1 aliphatic rings. The van der Waals surface area contributed by atoms with Crippen molar-refractivity contribution in [1.82, 2.24) is 4.98 Å². The molecular formula is C24H17Cl2F2N3O4S. The maximum atomic E-state index is 13.4. The van der Waals surface area contributed by atoms with E-state index in [1.165, 1.54) is 18.2 Å². The van der Waals surface area contributed by atoms with Gasteiger partial charge in [0.1, 0.15) is 33.5 Å². The highest BCUT2D eigenvalue weighted by molar-refractivity contribution is 7.21. The van der Waals surface area contributed by atoms with Gasteiger partial charge in [0.25, 0.3) is 18.2 Å². The van der Waals surface area contributed by atoms with Crippen molar-refractivity contribution in [2.45, 2.75) is 31.8 Å². The summed E-state index contributed by atoms with van der Waals surface area (Å²) in [5, 5.41) is 3.91. The van der Waals surface area contributed by atoms with Crippen molar-refractivity contribution < 1.29 is 27.5 Å². The van der Waals surface area contributed by atoms with Crippen LogP contribution in [-0.2, 0) is 6.61 Å². The number of amides is 2. The first-order chi connectivity index (χ1) is 17.2. The maximum Gasteiger partial charge on any atom is 0.291 e. The van der Waals surface area contributed by atoms with Gasteiger partial charge in [-0.1, -0.05) is 23.2 Å². The van der Waals surface area contributed by atoms with Crippen LogP contribution in [0, 0.1) is 0 Å². The van der Waals surface area contributed by atoms with Crippen molar-refractivity contribution in [3.8, 4) is 5.75 Å². The fraction of sp³-hybridized carbons (Fsp3) is 0.208. The first-order valence-corrected chi connectivity index (χ1v) is 12.3. The summed E-state index contributed by atoms with van der Waals surface area (Å²) in [5.41, 5.74) is 5.92. The molecule has 5 rings (SSSR count). The molecule has 12 heteroatoms. The van der Waals surface area contributed by atoms with Crippen LogP contribution in [0.4, 0.5) is 14.5 Å². The van der Waals surface area contributed by atoms with Gasteiger partial charge in [-0.25, -0.2) is 13.8 Å². The van der Waals surface area contributed by atoms with E-state index in [4.69, 9.17) is 38.1 Å². The van der Waals surface area contributed by atoms with E-state index in [2.05, 4.69) is 10.3 Å². The number of carbonyl (C=O) groups excluding carboxylic acids is 2. The first kappa shape index (κ1) is 24.5. The number of halogens is 4. The number of anilines is 1. The molecule has 0 atom stereocenters. The molecule has 1 aromatic carbocycles. The monoisotopic (exact) mass is 551 g/mol. The minimum absolute atomic E-state index is 0.00525. The number of benzene rings is 1. The Kier molecular flexibility index (Phi) is 6.59. The average Bonchev–Trinajstić information content (AvgIpc) is 3.45. The van der Waals surface area contributed by atoms with E-state index in [0.717, 1.165) is 24.2 Å². The summed E-state index contributed by atoms with van der Waals surface area (Å²) in [4.78, 5) is 29.4. The number of nitrogens with zero attached hydrogens (tertiary/aromatic N) is 1. The van der Waals surface area contributed by atoms with Crippen LogP contribution in [-0.4, -0.2) is 16.8 Å². The van der Waals surface area contributed by atoms with Gasteiger partial charge in [-0.05, 0) is 60.7 Å². The van der Waals surface area contributed by atoms with Crippen LogP contribution in [0.1, 0.15) is 62.4 Å². The predicted molar refractivity (Wildman–Crippen MR) is 133 cm³/mol. The van der Waals surface area contributed by atoms with Gasteiger partial charge < -0.3 is 20.2 Å².